The summed E-state index contributed by atoms with van der Waals surface area (Å²) >= 11 is 5.56. The van der Waals surface area contributed by atoms with E-state index in [-0.39, 0.29) is 38.8 Å². The van der Waals surface area contributed by atoms with E-state index in [1.165, 1.54) is 47.0 Å². The largest absolute Gasteiger partial charge is 0.388 e. The molecular weight excluding hydrogens is 517 g/mol. The molecule has 155 valence electrons. The number of halogens is 1. The average molecular weight is 549 g/mol. The van der Waals surface area contributed by atoms with Gasteiger partial charge < -0.3 is 16.4 Å². The van der Waals surface area contributed by atoms with Gasteiger partial charge in [0.2, 0.25) is 0 Å². The standard InChI is InChI=1S/C25H32BrOS.Y/c1-2-3-4-5-11-24(27)19-12-14-21(15-13-19)25-20(16-17-23(25)26)8-6-9-22-10-7-18-28-22;/h7,10,12-15,17,20,24-25,27H,2-6,8-9,11,16H2,1H3;/q-1;/t20-,24?,25?;/m0./s1. The van der Waals surface area contributed by atoms with Crippen molar-refractivity contribution in [2.45, 2.75) is 76.7 Å². The van der Waals surface area contributed by atoms with Gasteiger partial charge >= 0.3 is 0 Å². The summed E-state index contributed by atoms with van der Waals surface area (Å²) in [4.78, 5) is 1.44. The zero-order valence-corrected chi connectivity index (χ0v) is 22.7. The Morgan fingerprint density at radius 3 is 2.62 bits per heavy atom. The van der Waals surface area contributed by atoms with E-state index in [0.29, 0.717) is 11.8 Å². The SMILES string of the molecule is CCCCCCC(O)c1ccc(C2C(Br)=CC[C@@H]2CCCc2cc[c-]s2)cc1.[Y]. The van der Waals surface area contributed by atoms with Crippen LogP contribution in [0.2, 0.25) is 0 Å². The Labute approximate surface area is 214 Å². The monoisotopic (exact) mass is 548 g/mol. The van der Waals surface area contributed by atoms with E-state index < -0.39 is 0 Å². The van der Waals surface area contributed by atoms with E-state index in [4.69, 9.17) is 0 Å². The number of allylic oxidation sites excluding steroid dienone is 2. The molecule has 0 amide bonds. The van der Waals surface area contributed by atoms with Crippen LogP contribution in [0.5, 0.6) is 0 Å². The van der Waals surface area contributed by atoms with E-state index in [1.807, 2.05) is 6.07 Å². The van der Waals surface area contributed by atoms with Crippen LogP contribution in [-0.4, -0.2) is 5.11 Å². The van der Waals surface area contributed by atoms with E-state index in [0.717, 1.165) is 31.2 Å². The van der Waals surface area contributed by atoms with Gasteiger partial charge in [0.15, 0.2) is 0 Å². The molecule has 0 spiro atoms. The van der Waals surface area contributed by atoms with E-state index in [1.54, 1.807) is 11.3 Å². The van der Waals surface area contributed by atoms with Crippen molar-refractivity contribution in [2.75, 3.05) is 0 Å². The average Bonchev–Trinajstić information content (AvgIpc) is 3.35. The molecule has 2 aromatic rings. The zero-order chi connectivity index (χ0) is 19.8. The van der Waals surface area contributed by atoms with Crippen LogP contribution in [-0.2, 0) is 39.1 Å². The first-order chi connectivity index (χ1) is 13.7. The Morgan fingerprint density at radius 2 is 1.93 bits per heavy atom. The third-order valence-electron chi connectivity index (χ3n) is 5.92. The Morgan fingerprint density at radius 1 is 1.14 bits per heavy atom. The molecule has 1 aromatic carbocycles. The molecule has 1 heterocycles. The van der Waals surface area contributed by atoms with E-state index in [9.17, 15) is 5.11 Å². The fourth-order valence-electron chi connectivity index (χ4n) is 4.27. The number of unbranched alkanes of at least 4 members (excludes halogenated alkanes) is 3. The summed E-state index contributed by atoms with van der Waals surface area (Å²) in [5, 5.41) is 13.7. The number of benzene rings is 1. The summed E-state index contributed by atoms with van der Waals surface area (Å²) in [7, 11) is 0. The van der Waals surface area contributed by atoms with Crippen molar-refractivity contribution >= 4 is 27.3 Å². The third kappa shape index (κ3) is 7.68. The van der Waals surface area contributed by atoms with Gasteiger partial charge in [0.25, 0.3) is 0 Å². The predicted octanol–water partition coefficient (Wildman–Crippen LogP) is 7.95. The minimum atomic E-state index is -0.327. The maximum absolute atomic E-state index is 10.5. The number of rotatable bonds is 11. The van der Waals surface area contributed by atoms with Crippen molar-refractivity contribution in [2.24, 2.45) is 5.92 Å². The van der Waals surface area contributed by atoms with Crippen LogP contribution in [0, 0.1) is 11.3 Å². The van der Waals surface area contributed by atoms with Crippen molar-refractivity contribution in [1.29, 1.82) is 0 Å². The second-order valence-electron chi connectivity index (χ2n) is 8.01. The fraction of sp³-hybridized carbons (Fsp3) is 0.520. The summed E-state index contributed by atoms with van der Waals surface area (Å²) in [6.45, 7) is 2.22. The topological polar surface area (TPSA) is 20.2 Å². The molecule has 0 saturated heterocycles. The van der Waals surface area contributed by atoms with Crippen molar-refractivity contribution in [3.63, 3.8) is 0 Å². The summed E-state index contributed by atoms with van der Waals surface area (Å²) in [6, 6.07) is 13.0. The van der Waals surface area contributed by atoms with Crippen LogP contribution >= 0.6 is 27.3 Å². The number of aryl methyl sites for hydroxylation is 1. The zero-order valence-electron chi connectivity index (χ0n) is 17.4. The Balaban J connectivity index is 0.00000300. The molecule has 1 nitrogen and oxygen atoms in total. The van der Waals surface area contributed by atoms with Gasteiger partial charge in [-0.2, -0.15) is 6.07 Å². The molecule has 0 bridgehead atoms. The molecule has 0 fully saturated rings. The molecule has 0 aliphatic heterocycles. The normalized spacial score (nSPS) is 19.6. The fourth-order valence-corrected chi connectivity index (χ4v) is 5.76. The van der Waals surface area contributed by atoms with Gasteiger partial charge in [-0.3, -0.25) is 0 Å². The predicted molar refractivity (Wildman–Crippen MR) is 124 cm³/mol. The maximum atomic E-state index is 10.5. The Hall–Kier alpha value is 0.204. The van der Waals surface area contributed by atoms with Gasteiger partial charge in [-0.05, 0) is 40.8 Å². The molecule has 1 aromatic heterocycles. The van der Waals surface area contributed by atoms with Crippen LogP contribution in [0.25, 0.3) is 0 Å². The van der Waals surface area contributed by atoms with Crippen molar-refractivity contribution in [1.82, 2.24) is 0 Å². The van der Waals surface area contributed by atoms with Crippen LogP contribution < -0.4 is 0 Å². The van der Waals surface area contributed by atoms with E-state index in [2.05, 4.69) is 64.6 Å². The van der Waals surface area contributed by atoms with Crippen molar-refractivity contribution < 1.29 is 37.8 Å². The summed E-state index contributed by atoms with van der Waals surface area (Å²) in [6.07, 6.45) is 12.5. The maximum Gasteiger partial charge on any atom is 0.0790 e. The van der Waals surface area contributed by atoms with Gasteiger partial charge in [-0.25, -0.2) is 6.07 Å². The summed E-state index contributed by atoms with van der Waals surface area (Å²) in [5.74, 6) is 1.13. The molecule has 0 saturated carbocycles. The van der Waals surface area contributed by atoms with Gasteiger partial charge in [0.1, 0.15) is 0 Å². The Kier molecular flexibility index (Phi) is 11.9. The van der Waals surface area contributed by atoms with E-state index >= 15 is 0 Å². The number of thiophene rings is 1. The first-order valence-corrected chi connectivity index (χ1v) is 12.4. The molecule has 2 unspecified atom stereocenters. The molecule has 1 aliphatic rings. The van der Waals surface area contributed by atoms with Crippen LogP contribution in [0.4, 0.5) is 0 Å². The number of hydrogen-bond donors (Lipinski definition) is 1. The number of aliphatic hydroxyl groups excluding tert-OH is 1. The summed E-state index contributed by atoms with van der Waals surface area (Å²) in [5.41, 5.74) is 2.43. The molecular formula is C25H32BrOSY-. The molecule has 1 aliphatic carbocycles. The molecule has 3 rings (SSSR count). The Bertz CT molecular complexity index is 726. The molecule has 1 N–H and O–H groups in total. The first kappa shape index (κ1) is 25.5. The van der Waals surface area contributed by atoms with Gasteiger partial charge in [0.05, 0.1) is 6.10 Å². The number of aliphatic hydroxyl groups is 1. The van der Waals surface area contributed by atoms with Gasteiger partial charge in [-0.1, -0.05) is 91.7 Å². The van der Waals surface area contributed by atoms with Crippen molar-refractivity contribution in [3.05, 3.63) is 68.3 Å². The van der Waals surface area contributed by atoms with Crippen LogP contribution in [0.1, 0.15) is 86.3 Å². The second kappa shape index (κ2) is 13.6. The quantitative estimate of drug-likeness (QED) is 0.223. The number of hydrogen-bond acceptors (Lipinski definition) is 2. The van der Waals surface area contributed by atoms with Crippen LogP contribution in [0.15, 0.2) is 47.0 Å². The summed E-state index contributed by atoms with van der Waals surface area (Å²) < 4.78 is 1.33. The molecule has 1 radical (unpaired) electrons. The molecule has 3 atom stereocenters. The van der Waals surface area contributed by atoms with Crippen LogP contribution in [0.3, 0.4) is 0 Å². The smallest absolute Gasteiger partial charge is 0.0790 e. The molecule has 29 heavy (non-hydrogen) atoms. The third-order valence-corrected chi connectivity index (χ3v) is 7.59. The van der Waals surface area contributed by atoms with Gasteiger partial charge in [-0.15, -0.1) is 10.3 Å². The molecule has 4 heteroatoms. The first-order valence-electron chi connectivity index (χ1n) is 10.8. The second-order valence-corrected chi connectivity index (χ2v) is 9.89. The minimum absolute atomic E-state index is 0. The minimum Gasteiger partial charge on any atom is -0.388 e. The van der Waals surface area contributed by atoms with Crippen molar-refractivity contribution in [3.8, 4) is 0 Å². The van der Waals surface area contributed by atoms with Gasteiger partial charge in [0, 0.05) is 38.6 Å².